The number of rotatable bonds is 11. The number of benzene rings is 2. The fourth-order valence-electron chi connectivity index (χ4n) is 3.50. The fraction of sp³-hybridized carbons (Fsp3) is 0.333. The number of nitrogens with one attached hydrogen (secondary N) is 2. The molecule has 0 saturated carbocycles. The van der Waals surface area contributed by atoms with Gasteiger partial charge in [0.15, 0.2) is 11.6 Å². The molecule has 0 saturated heterocycles. The normalized spacial score (nSPS) is 19.8. The molecular weight excluding hydrogens is 451 g/mol. The monoisotopic (exact) mass is 477 g/mol. The Bertz CT molecular complexity index is 997. The Morgan fingerprint density at radius 2 is 1.91 bits per heavy atom. The van der Waals surface area contributed by atoms with E-state index in [4.69, 9.17) is 14.6 Å². The molecule has 0 aliphatic carbocycles. The van der Waals surface area contributed by atoms with Gasteiger partial charge in [0.05, 0.1) is 6.61 Å². The Morgan fingerprint density at radius 3 is 2.53 bits per heavy atom. The molecule has 1 aliphatic heterocycles. The molecular formula is C24H26F3N3O4. The van der Waals surface area contributed by atoms with Gasteiger partial charge < -0.3 is 14.6 Å². The Balaban J connectivity index is 1.91. The summed E-state index contributed by atoms with van der Waals surface area (Å²) in [6, 6.07) is 15.7. The van der Waals surface area contributed by atoms with E-state index in [1.54, 1.807) is 54.6 Å². The van der Waals surface area contributed by atoms with Crippen LogP contribution in [0.25, 0.3) is 0 Å². The first-order valence-electron chi connectivity index (χ1n) is 10.7. The van der Waals surface area contributed by atoms with Crippen LogP contribution in [-0.4, -0.2) is 48.4 Å². The van der Waals surface area contributed by atoms with Crippen LogP contribution in [0.5, 0.6) is 5.75 Å². The van der Waals surface area contributed by atoms with Crippen molar-refractivity contribution in [2.75, 3.05) is 19.8 Å². The maximum absolute atomic E-state index is 13.2. The number of hydrogen-bond donors (Lipinski definition) is 3. The van der Waals surface area contributed by atoms with Gasteiger partial charge in [0, 0.05) is 25.0 Å². The van der Waals surface area contributed by atoms with Crippen LogP contribution in [-0.2, 0) is 9.53 Å². The van der Waals surface area contributed by atoms with E-state index in [9.17, 15) is 18.0 Å². The van der Waals surface area contributed by atoms with Crippen molar-refractivity contribution >= 4 is 11.8 Å². The van der Waals surface area contributed by atoms with Gasteiger partial charge in [0.1, 0.15) is 12.3 Å². The maximum atomic E-state index is 13.2. The average Bonchev–Trinajstić information content (AvgIpc) is 3.20. The van der Waals surface area contributed by atoms with Crippen molar-refractivity contribution in [2.24, 2.45) is 4.99 Å². The predicted octanol–water partition coefficient (Wildman–Crippen LogP) is 3.46. The highest BCUT2D eigenvalue weighted by atomic mass is 19.4. The summed E-state index contributed by atoms with van der Waals surface area (Å²) in [6.07, 6.45) is -3.39. The van der Waals surface area contributed by atoms with Crippen molar-refractivity contribution in [1.29, 1.82) is 0 Å². The number of halogens is 3. The Morgan fingerprint density at radius 1 is 1.21 bits per heavy atom. The van der Waals surface area contributed by atoms with Crippen molar-refractivity contribution in [3.8, 4) is 5.75 Å². The molecule has 1 heterocycles. The predicted molar refractivity (Wildman–Crippen MR) is 120 cm³/mol. The molecule has 2 atom stereocenters. The van der Waals surface area contributed by atoms with Crippen molar-refractivity contribution < 1.29 is 32.5 Å². The van der Waals surface area contributed by atoms with E-state index in [-0.39, 0.29) is 18.9 Å². The van der Waals surface area contributed by atoms with Crippen molar-refractivity contribution in [3.63, 3.8) is 0 Å². The van der Waals surface area contributed by atoms with Crippen LogP contribution in [0.4, 0.5) is 13.2 Å². The molecule has 182 valence electrons. The number of carbonyl (C=O) groups excluding carboxylic acids is 1. The summed E-state index contributed by atoms with van der Waals surface area (Å²) in [5, 5.41) is 8.87. The smallest absolute Gasteiger partial charge is 0.402 e. The zero-order valence-electron chi connectivity index (χ0n) is 18.3. The van der Waals surface area contributed by atoms with Gasteiger partial charge in [-0.25, -0.2) is 10.4 Å². The molecule has 0 bridgehead atoms. The van der Waals surface area contributed by atoms with Crippen molar-refractivity contribution in [2.45, 2.75) is 30.7 Å². The molecule has 2 aromatic rings. The number of hydrogen-bond acceptors (Lipinski definition) is 6. The van der Waals surface area contributed by atoms with Crippen LogP contribution in [0, 0.1) is 0 Å². The van der Waals surface area contributed by atoms with E-state index >= 15 is 0 Å². The Kier molecular flexibility index (Phi) is 8.30. The van der Waals surface area contributed by atoms with Gasteiger partial charge in [0.2, 0.25) is 5.90 Å². The number of aliphatic hydroxyl groups is 1. The Labute approximate surface area is 195 Å². The van der Waals surface area contributed by atoms with E-state index in [1.807, 2.05) is 5.43 Å². The molecule has 1 aliphatic rings. The highest BCUT2D eigenvalue weighted by molar-refractivity contribution is 6.01. The summed E-state index contributed by atoms with van der Waals surface area (Å²) in [5.74, 6) is -0.0186. The Hall–Kier alpha value is -3.37. The maximum Gasteiger partial charge on any atom is 0.402 e. The van der Waals surface area contributed by atoms with Crippen LogP contribution in [0.2, 0.25) is 0 Å². The average molecular weight is 477 g/mol. The molecule has 3 N–H and O–H groups in total. The minimum atomic E-state index is -4.50. The summed E-state index contributed by atoms with van der Waals surface area (Å²) in [6.45, 7) is 2.69. The summed E-state index contributed by atoms with van der Waals surface area (Å²) >= 11 is 0. The molecule has 0 unspecified atom stereocenters. The highest BCUT2D eigenvalue weighted by Gasteiger charge is 2.52. The zero-order valence-corrected chi connectivity index (χ0v) is 18.3. The number of aliphatic imine (C=N–C) groups is 1. The van der Waals surface area contributed by atoms with Gasteiger partial charge in [-0.05, 0) is 29.8 Å². The largest absolute Gasteiger partial charge is 0.494 e. The molecule has 34 heavy (non-hydrogen) atoms. The quantitative estimate of drug-likeness (QED) is 0.262. The highest BCUT2D eigenvalue weighted by Crippen LogP contribution is 2.42. The van der Waals surface area contributed by atoms with Gasteiger partial charge in [0.25, 0.3) is 5.91 Å². The van der Waals surface area contributed by atoms with Crippen LogP contribution in [0.15, 0.2) is 72.2 Å². The number of carbonyl (C=O) groups is 1. The lowest BCUT2D eigenvalue weighted by Crippen LogP contribution is -2.54. The molecule has 7 nitrogen and oxygen atoms in total. The van der Waals surface area contributed by atoms with Gasteiger partial charge in [-0.3, -0.25) is 10.2 Å². The van der Waals surface area contributed by atoms with Crippen LogP contribution in [0.1, 0.15) is 30.1 Å². The lowest BCUT2D eigenvalue weighted by atomic mass is 9.84. The number of nitrogens with zero attached hydrogens (tertiary/aromatic N) is 1. The number of ether oxygens (including phenoxy) is 2. The van der Waals surface area contributed by atoms with E-state index in [1.165, 1.54) is 6.08 Å². The lowest BCUT2D eigenvalue weighted by molar-refractivity contribution is -0.136. The summed E-state index contributed by atoms with van der Waals surface area (Å²) in [4.78, 5) is 17.8. The first-order chi connectivity index (χ1) is 16.3. The summed E-state index contributed by atoms with van der Waals surface area (Å²) in [7, 11) is 0. The SMILES string of the molecule is C=CC[C@]1(C(=O)NNCC(F)(F)F)N=C(c2ccc(OCCCO)cc2)O[C@H]1c1ccccc1. The third kappa shape index (κ3) is 6.15. The number of aliphatic hydroxyl groups excluding tert-OH is 1. The first kappa shape index (κ1) is 25.3. The van der Waals surface area contributed by atoms with Crippen LogP contribution < -0.4 is 15.6 Å². The molecule has 0 aromatic heterocycles. The number of amides is 1. The van der Waals surface area contributed by atoms with Crippen LogP contribution >= 0.6 is 0 Å². The van der Waals surface area contributed by atoms with Crippen LogP contribution in [0.3, 0.4) is 0 Å². The molecule has 0 radical (unpaired) electrons. The van der Waals surface area contributed by atoms with E-state index < -0.39 is 30.3 Å². The van der Waals surface area contributed by atoms with Gasteiger partial charge in [-0.1, -0.05) is 36.4 Å². The second-order valence-electron chi connectivity index (χ2n) is 7.62. The van der Waals surface area contributed by atoms with Crippen molar-refractivity contribution in [1.82, 2.24) is 10.9 Å². The van der Waals surface area contributed by atoms with Gasteiger partial charge in [-0.15, -0.1) is 6.58 Å². The zero-order chi connectivity index (χ0) is 24.6. The molecule has 0 fully saturated rings. The summed E-state index contributed by atoms with van der Waals surface area (Å²) in [5.41, 5.74) is 3.69. The molecule has 10 heteroatoms. The molecule has 2 aromatic carbocycles. The van der Waals surface area contributed by atoms with Gasteiger partial charge in [-0.2, -0.15) is 13.2 Å². The minimum absolute atomic E-state index is 0.0227. The van der Waals surface area contributed by atoms with Gasteiger partial charge >= 0.3 is 6.18 Å². The topological polar surface area (TPSA) is 92.2 Å². The number of hydrazine groups is 1. The third-order valence-electron chi connectivity index (χ3n) is 5.08. The van der Waals surface area contributed by atoms with Crippen molar-refractivity contribution in [3.05, 3.63) is 78.4 Å². The fourth-order valence-corrected chi connectivity index (χ4v) is 3.50. The van der Waals surface area contributed by atoms with E-state index in [2.05, 4.69) is 17.0 Å². The molecule has 1 amide bonds. The van der Waals surface area contributed by atoms with E-state index in [0.29, 0.717) is 29.9 Å². The molecule has 0 spiro atoms. The second kappa shape index (κ2) is 11.2. The van der Waals surface area contributed by atoms with E-state index in [0.717, 1.165) is 0 Å². The minimum Gasteiger partial charge on any atom is -0.494 e. The standard InChI is InChI=1S/C24H26F3N3O4/c1-2-13-23(22(32)30-28-16-24(25,26)27)20(17-7-4-3-5-8-17)34-21(29-23)18-9-11-19(12-10-18)33-15-6-14-31/h2-5,7-12,20,28,31H,1,6,13-16H2,(H,30,32)/t20-,23-/m0/s1. The molecule has 3 rings (SSSR count). The lowest BCUT2D eigenvalue weighted by Gasteiger charge is -2.29. The first-order valence-corrected chi connectivity index (χ1v) is 10.7. The summed E-state index contributed by atoms with van der Waals surface area (Å²) < 4.78 is 49.4. The number of alkyl halides is 3. The third-order valence-corrected chi connectivity index (χ3v) is 5.08. The second-order valence-corrected chi connectivity index (χ2v) is 7.62.